The maximum atomic E-state index is 12.4. The molecule has 1 amide bonds. The van der Waals surface area contributed by atoms with Gasteiger partial charge in [0.1, 0.15) is 5.76 Å². The van der Waals surface area contributed by atoms with Crippen LogP contribution >= 0.6 is 0 Å². The Morgan fingerprint density at radius 2 is 1.67 bits per heavy atom. The Kier molecular flexibility index (Phi) is 5.43. The van der Waals surface area contributed by atoms with Crippen molar-refractivity contribution in [3.63, 3.8) is 0 Å². The zero-order valence-electron chi connectivity index (χ0n) is 15.0. The molecule has 7 heteroatoms. The molecule has 6 nitrogen and oxygen atoms in total. The lowest BCUT2D eigenvalue weighted by molar-refractivity contribution is 0.102. The van der Waals surface area contributed by atoms with Gasteiger partial charge in [-0.3, -0.25) is 4.79 Å². The summed E-state index contributed by atoms with van der Waals surface area (Å²) in [6, 6.07) is 14.9. The molecule has 0 atom stereocenters. The van der Waals surface area contributed by atoms with Gasteiger partial charge in [-0.15, -0.1) is 0 Å². The van der Waals surface area contributed by atoms with Crippen LogP contribution in [0.25, 0.3) is 0 Å². The molecule has 3 aromatic rings. The Morgan fingerprint density at radius 1 is 1.00 bits per heavy atom. The van der Waals surface area contributed by atoms with Crippen LogP contribution in [-0.2, 0) is 16.6 Å². The normalized spacial score (nSPS) is 11.3. The number of hydrogen-bond acceptors (Lipinski definition) is 4. The fourth-order valence-electron chi connectivity index (χ4n) is 2.70. The van der Waals surface area contributed by atoms with Crippen molar-refractivity contribution in [2.45, 2.75) is 25.3 Å². The maximum Gasteiger partial charge on any atom is 0.255 e. The summed E-state index contributed by atoms with van der Waals surface area (Å²) in [5.74, 6) is 0.218. The molecule has 1 aromatic heterocycles. The van der Waals surface area contributed by atoms with Gasteiger partial charge in [0.05, 0.1) is 17.7 Å². The molecule has 0 saturated heterocycles. The van der Waals surface area contributed by atoms with Crippen molar-refractivity contribution in [1.82, 2.24) is 4.72 Å². The van der Waals surface area contributed by atoms with Crippen molar-refractivity contribution in [3.05, 3.63) is 83.3 Å². The van der Waals surface area contributed by atoms with E-state index < -0.39 is 10.0 Å². The molecular formula is C20H20N2O4S. The van der Waals surface area contributed by atoms with Gasteiger partial charge in [0, 0.05) is 11.3 Å². The number of sulfonamides is 1. The van der Waals surface area contributed by atoms with Crippen molar-refractivity contribution in [3.8, 4) is 0 Å². The lowest BCUT2D eigenvalue weighted by Crippen LogP contribution is -2.23. The van der Waals surface area contributed by atoms with Crippen LogP contribution in [0.15, 0.2) is 70.2 Å². The van der Waals surface area contributed by atoms with E-state index in [4.69, 9.17) is 4.42 Å². The average molecular weight is 384 g/mol. The largest absolute Gasteiger partial charge is 0.468 e. The third-order valence-electron chi connectivity index (χ3n) is 3.92. The van der Waals surface area contributed by atoms with Crippen LogP contribution < -0.4 is 10.0 Å². The number of nitrogens with one attached hydrogen (secondary N) is 2. The Balaban J connectivity index is 1.69. The first-order chi connectivity index (χ1) is 12.8. The van der Waals surface area contributed by atoms with Crippen molar-refractivity contribution in [1.29, 1.82) is 0 Å². The first-order valence-corrected chi connectivity index (χ1v) is 9.83. The van der Waals surface area contributed by atoms with Gasteiger partial charge in [0.15, 0.2) is 0 Å². The predicted octanol–water partition coefficient (Wildman–Crippen LogP) is 3.63. The Bertz CT molecular complexity index is 1020. The van der Waals surface area contributed by atoms with Gasteiger partial charge in [-0.2, -0.15) is 0 Å². The summed E-state index contributed by atoms with van der Waals surface area (Å²) in [5.41, 5.74) is 3.18. The zero-order chi connectivity index (χ0) is 19.4. The number of furan rings is 1. The van der Waals surface area contributed by atoms with Gasteiger partial charge in [-0.05, 0) is 73.5 Å². The molecule has 2 aromatic carbocycles. The van der Waals surface area contributed by atoms with E-state index in [-0.39, 0.29) is 17.3 Å². The Morgan fingerprint density at radius 3 is 2.26 bits per heavy atom. The van der Waals surface area contributed by atoms with Gasteiger partial charge in [0.25, 0.3) is 5.91 Å². The summed E-state index contributed by atoms with van der Waals surface area (Å²) in [6.07, 6.45) is 1.48. The third-order valence-corrected chi connectivity index (χ3v) is 5.34. The van der Waals surface area contributed by atoms with Crippen LogP contribution in [0.5, 0.6) is 0 Å². The summed E-state index contributed by atoms with van der Waals surface area (Å²) >= 11 is 0. The second-order valence-corrected chi connectivity index (χ2v) is 8.03. The standard InChI is InChI=1S/C20H20N2O4S/c1-14-10-15(2)12-17(11-14)22-20(23)16-5-7-19(8-6-16)27(24,25)21-13-18-4-3-9-26-18/h3-12,21H,13H2,1-2H3,(H,22,23). The van der Waals surface area contributed by atoms with Crippen LogP contribution in [0.4, 0.5) is 5.69 Å². The number of carbonyl (C=O) groups is 1. The lowest BCUT2D eigenvalue weighted by Gasteiger charge is -2.09. The van der Waals surface area contributed by atoms with Crippen LogP contribution in [-0.4, -0.2) is 14.3 Å². The number of carbonyl (C=O) groups excluding carboxylic acids is 1. The number of rotatable bonds is 6. The van der Waals surface area contributed by atoms with Crippen molar-refractivity contribution >= 4 is 21.6 Å². The van der Waals surface area contributed by atoms with E-state index in [0.717, 1.165) is 11.1 Å². The molecule has 3 rings (SSSR count). The molecule has 27 heavy (non-hydrogen) atoms. The van der Waals surface area contributed by atoms with E-state index in [2.05, 4.69) is 10.0 Å². The molecule has 0 spiro atoms. The fraction of sp³-hybridized carbons (Fsp3) is 0.150. The topological polar surface area (TPSA) is 88.4 Å². The predicted molar refractivity (Wildman–Crippen MR) is 103 cm³/mol. The molecule has 0 saturated carbocycles. The highest BCUT2D eigenvalue weighted by Crippen LogP contribution is 2.16. The minimum atomic E-state index is -3.69. The molecule has 140 valence electrons. The van der Waals surface area contributed by atoms with Crippen molar-refractivity contribution in [2.75, 3.05) is 5.32 Å². The molecule has 0 radical (unpaired) electrons. The minimum absolute atomic E-state index is 0.0598. The van der Waals surface area contributed by atoms with Gasteiger partial charge < -0.3 is 9.73 Å². The third kappa shape index (κ3) is 4.84. The monoisotopic (exact) mass is 384 g/mol. The number of amides is 1. The summed E-state index contributed by atoms with van der Waals surface area (Å²) in [4.78, 5) is 12.5. The van der Waals surface area contributed by atoms with Crippen LogP contribution in [0, 0.1) is 13.8 Å². The maximum absolute atomic E-state index is 12.4. The molecular weight excluding hydrogens is 364 g/mol. The number of aryl methyl sites for hydroxylation is 2. The summed E-state index contributed by atoms with van der Waals surface area (Å²) in [5, 5.41) is 2.83. The highest BCUT2D eigenvalue weighted by molar-refractivity contribution is 7.89. The summed E-state index contributed by atoms with van der Waals surface area (Å²) in [7, 11) is -3.69. The molecule has 1 heterocycles. The fourth-order valence-corrected chi connectivity index (χ4v) is 3.69. The number of benzene rings is 2. The van der Waals surface area contributed by atoms with E-state index in [1.165, 1.54) is 30.5 Å². The number of anilines is 1. The first kappa shape index (κ1) is 18.9. The summed E-state index contributed by atoms with van der Waals surface area (Å²) < 4.78 is 32.2. The second kappa shape index (κ2) is 7.77. The lowest BCUT2D eigenvalue weighted by atomic mass is 10.1. The van der Waals surface area contributed by atoms with E-state index in [9.17, 15) is 13.2 Å². The molecule has 2 N–H and O–H groups in total. The second-order valence-electron chi connectivity index (χ2n) is 6.26. The van der Waals surface area contributed by atoms with Gasteiger partial charge in [0.2, 0.25) is 10.0 Å². The van der Waals surface area contributed by atoms with Crippen LogP contribution in [0.3, 0.4) is 0 Å². The molecule has 0 fully saturated rings. The molecule has 0 unspecified atom stereocenters. The van der Waals surface area contributed by atoms with Crippen molar-refractivity contribution in [2.24, 2.45) is 0 Å². The van der Waals surface area contributed by atoms with E-state index in [1.807, 2.05) is 32.0 Å². The minimum Gasteiger partial charge on any atom is -0.468 e. The highest BCUT2D eigenvalue weighted by atomic mass is 32.2. The Hall–Kier alpha value is -2.90. The van der Waals surface area contributed by atoms with Gasteiger partial charge in [-0.25, -0.2) is 13.1 Å². The summed E-state index contributed by atoms with van der Waals surface area (Å²) in [6.45, 7) is 3.97. The van der Waals surface area contributed by atoms with E-state index in [0.29, 0.717) is 17.0 Å². The smallest absolute Gasteiger partial charge is 0.255 e. The van der Waals surface area contributed by atoms with Crippen molar-refractivity contribution < 1.29 is 17.6 Å². The Labute approximate surface area is 158 Å². The zero-order valence-corrected chi connectivity index (χ0v) is 15.8. The van der Waals surface area contributed by atoms with Crippen LogP contribution in [0.2, 0.25) is 0 Å². The average Bonchev–Trinajstić information content (AvgIpc) is 3.13. The number of hydrogen-bond donors (Lipinski definition) is 2. The quantitative estimate of drug-likeness (QED) is 0.679. The molecule has 0 aliphatic carbocycles. The van der Waals surface area contributed by atoms with Crippen LogP contribution in [0.1, 0.15) is 27.2 Å². The SMILES string of the molecule is Cc1cc(C)cc(NC(=O)c2ccc(S(=O)(=O)NCc3ccco3)cc2)c1. The van der Waals surface area contributed by atoms with E-state index >= 15 is 0 Å². The highest BCUT2D eigenvalue weighted by Gasteiger charge is 2.15. The molecule has 0 aliphatic heterocycles. The molecule has 0 aliphatic rings. The molecule has 0 bridgehead atoms. The van der Waals surface area contributed by atoms with Gasteiger partial charge in [-0.1, -0.05) is 6.07 Å². The van der Waals surface area contributed by atoms with Gasteiger partial charge >= 0.3 is 0 Å². The first-order valence-electron chi connectivity index (χ1n) is 8.35. The van der Waals surface area contributed by atoms with E-state index in [1.54, 1.807) is 12.1 Å².